The summed E-state index contributed by atoms with van der Waals surface area (Å²) in [6.07, 6.45) is 3.33. The molecular weight excluding hydrogens is 278 g/mol. The molecule has 0 heterocycles. The Kier molecular flexibility index (Phi) is 5.58. The number of rotatable bonds is 5. The van der Waals surface area contributed by atoms with Gasteiger partial charge in [-0.15, -0.1) is 0 Å². The summed E-state index contributed by atoms with van der Waals surface area (Å²) in [4.78, 5) is 23.1. The van der Waals surface area contributed by atoms with Gasteiger partial charge in [0.1, 0.15) is 0 Å². The Morgan fingerprint density at radius 1 is 1.23 bits per heavy atom. The van der Waals surface area contributed by atoms with Crippen LogP contribution in [0.1, 0.15) is 56.1 Å². The maximum Gasteiger partial charge on any atom is 0.306 e. The molecule has 2 rings (SSSR count). The van der Waals surface area contributed by atoms with Crippen molar-refractivity contribution in [3.8, 4) is 0 Å². The highest BCUT2D eigenvalue weighted by Crippen LogP contribution is 2.26. The van der Waals surface area contributed by atoms with Crippen molar-refractivity contribution in [2.45, 2.75) is 57.9 Å². The number of aryl methyl sites for hydroxylation is 1. The summed E-state index contributed by atoms with van der Waals surface area (Å²) in [6, 6.07) is 8.28. The Morgan fingerprint density at radius 3 is 2.45 bits per heavy atom. The number of amides is 1. The van der Waals surface area contributed by atoms with Crippen LogP contribution in [0.25, 0.3) is 0 Å². The van der Waals surface area contributed by atoms with Gasteiger partial charge >= 0.3 is 5.97 Å². The molecule has 0 spiro atoms. The Balaban J connectivity index is 1.81. The molecule has 0 aromatic heterocycles. The van der Waals surface area contributed by atoms with Gasteiger partial charge in [0.25, 0.3) is 0 Å². The summed E-state index contributed by atoms with van der Waals surface area (Å²) in [5, 5.41) is 12.1. The van der Waals surface area contributed by atoms with Crippen molar-refractivity contribution >= 4 is 11.9 Å². The first-order valence-corrected chi connectivity index (χ1v) is 8.05. The number of hydrogen-bond donors (Lipinski definition) is 2. The third kappa shape index (κ3) is 4.33. The van der Waals surface area contributed by atoms with Crippen LogP contribution in [-0.4, -0.2) is 23.0 Å². The molecule has 1 unspecified atom stereocenters. The van der Waals surface area contributed by atoms with Gasteiger partial charge in [-0.25, -0.2) is 0 Å². The molecule has 4 heteroatoms. The lowest BCUT2D eigenvalue weighted by atomic mass is 9.86. The summed E-state index contributed by atoms with van der Waals surface area (Å²) < 4.78 is 0. The highest BCUT2D eigenvalue weighted by molar-refractivity contribution is 5.77. The van der Waals surface area contributed by atoms with Gasteiger partial charge in [-0.05, 0) is 49.7 Å². The summed E-state index contributed by atoms with van der Waals surface area (Å²) in [5.41, 5.74) is 2.43. The molecule has 4 nitrogen and oxygen atoms in total. The van der Waals surface area contributed by atoms with Crippen LogP contribution < -0.4 is 5.32 Å². The highest BCUT2D eigenvalue weighted by atomic mass is 16.4. The van der Waals surface area contributed by atoms with E-state index in [-0.39, 0.29) is 23.8 Å². The minimum absolute atomic E-state index is 0.0644. The zero-order valence-corrected chi connectivity index (χ0v) is 13.3. The van der Waals surface area contributed by atoms with E-state index >= 15 is 0 Å². The molecule has 1 fully saturated rings. The molecule has 1 atom stereocenters. The molecule has 0 saturated heterocycles. The van der Waals surface area contributed by atoms with Crippen molar-refractivity contribution in [2.75, 3.05) is 0 Å². The van der Waals surface area contributed by atoms with E-state index in [0.717, 1.165) is 12.8 Å². The van der Waals surface area contributed by atoms with Crippen LogP contribution in [0.15, 0.2) is 24.3 Å². The monoisotopic (exact) mass is 303 g/mol. The summed E-state index contributed by atoms with van der Waals surface area (Å²) in [7, 11) is 0. The zero-order valence-electron chi connectivity index (χ0n) is 13.3. The van der Waals surface area contributed by atoms with Gasteiger partial charge in [-0.3, -0.25) is 9.59 Å². The van der Waals surface area contributed by atoms with Gasteiger partial charge in [0.05, 0.1) is 5.92 Å². The molecule has 120 valence electrons. The predicted octanol–water partition coefficient (Wildman–Crippen LogP) is 3.25. The second kappa shape index (κ2) is 7.43. The smallest absolute Gasteiger partial charge is 0.306 e. The van der Waals surface area contributed by atoms with Crippen molar-refractivity contribution in [2.24, 2.45) is 5.92 Å². The van der Waals surface area contributed by atoms with Gasteiger partial charge in [0.15, 0.2) is 0 Å². The quantitative estimate of drug-likeness (QED) is 0.877. The van der Waals surface area contributed by atoms with Gasteiger partial charge in [-0.1, -0.05) is 31.2 Å². The van der Waals surface area contributed by atoms with Crippen LogP contribution in [0, 0.1) is 12.8 Å². The number of nitrogens with one attached hydrogen (secondary N) is 1. The molecule has 0 bridgehead atoms. The lowest BCUT2D eigenvalue weighted by Gasteiger charge is -2.27. The number of carboxylic acids is 1. The summed E-state index contributed by atoms with van der Waals surface area (Å²) in [6.45, 7) is 4.14. The van der Waals surface area contributed by atoms with Crippen molar-refractivity contribution in [3.63, 3.8) is 0 Å². The van der Waals surface area contributed by atoms with Crippen molar-refractivity contribution in [1.29, 1.82) is 0 Å². The van der Waals surface area contributed by atoms with Gasteiger partial charge in [0, 0.05) is 12.5 Å². The van der Waals surface area contributed by atoms with Crippen LogP contribution in [0.2, 0.25) is 0 Å². The molecule has 1 aliphatic rings. The van der Waals surface area contributed by atoms with Crippen LogP contribution in [0.4, 0.5) is 0 Å². The molecule has 1 aromatic carbocycles. The number of carboxylic acid groups (broad SMARTS) is 1. The molecule has 1 saturated carbocycles. The Morgan fingerprint density at radius 2 is 1.86 bits per heavy atom. The second-order valence-corrected chi connectivity index (χ2v) is 6.42. The fourth-order valence-corrected chi connectivity index (χ4v) is 3.30. The van der Waals surface area contributed by atoms with E-state index in [9.17, 15) is 9.59 Å². The van der Waals surface area contributed by atoms with E-state index in [0.29, 0.717) is 19.3 Å². The fraction of sp³-hybridized carbons (Fsp3) is 0.556. The summed E-state index contributed by atoms with van der Waals surface area (Å²) in [5.74, 6) is -0.692. The minimum atomic E-state index is -0.710. The van der Waals surface area contributed by atoms with E-state index in [1.54, 1.807) is 0 Å². The average molecular weight is 303 g/mol. The predicted molar refractivity (Wildman–Crippen MR) is 85.7 cm³/mol. The third-order valence-corrected chi connectivity index (χ3v) is 4.65. The molecule has 1 amide bonds. The van der Waals surface area contributed by atoms with Crippen LogP contribution in [0.3, 0.4) is 0 Å². The van der Waals surface area contributed by atoms with Gasteiger partial charge < -0.3 is 10.4 Å². The normalized spacial score (nSPS) is 22.8. The first-order valence-electron chi connectivity index (χ1n) is 8.05. The minimum Gasteiger partial charge on any atom is -0.481 e. The zero-order chi connectivity index (χ0) is 16.1. The third-order valence-electron chi connectivity index (χ3n) is 4.65. The number of carbonyl (C=O) groups is 2. The topological polar surface area (TPSA) is 66.4 Å². The molecule has 1 aliphatic carbocycles. The second-order valence-electron chi connectivity index (χ2n) is 6.42. The van der Waals surface area contributed by atoms with Crippen molar-refractivity contribution in [1.82, 2.24) is 5.32 Å². The lowest BCUT2D eigenvalue weighted by molar-refractivity contribution is -0.142. The van der Waals surface area contributed by atoms with E-state index in [4.69, 9.17) is 5.11 Å². The Hall–Kier alpha value is -1.84. The van der Waals surface area contributed by atoms with Crippen LogP contribution >= 0.6 is 0 Å². The van der Waals surface area contributed by atoms with Crippen molar-refractivity contribution < 1.29 is 14.7 Å². The van der Waals surface area contributed by atoms with Gasteiger partial charge in [0.2, 0.25) is 5.91 Å². The van der Waals surface area contributed by atoms with Gasteiger partial charge in [-0.2, -0.15) is 0 Å². The first kappa shape index (κ1) is 16.5. The largest absolute Gasteiger partial charge is 0.481 e. The van der Waals surface area contributed by atoms with Crippen LogP contribution in [0.5, 0.6) is 0 Å². The highest BCUT2D eigenvalue weighted by Gasteiger charge is 2.27. The first-order chi connectivity index (χ1) is 10.5. The molecule has 2 N–H and O–H groups in total. The Labute approximate surface area is 131 Å². The fourth-order valence-electron chi connectivity index (χ4n) is 3.30. The van der Waals surface area contributed by atoms with Crippen molar-refractivity contribution in [3.05, 3.63) is 35.4 Å². The molecule has 1 aromatic rings. The number of aliphatic carboxylic acids is 1. The van der Waals surface area contributed by atoms with Crippen LogP contribution in [-0.2, 0) is 9.59 Å². The molecule has 22 heavy (non-hydrogen) atoms. The maximum absolute atomic E-state index is 12.2. The molecule has 0 radical (unpaired) electrons. The SMILES string of the molecule is Cc1ccccc1C(C)CC(=O)NC1CCC(C(=O)O)CC1. The van der Waals surface area contributed by atoms with E-state index < -0.39 is 5.97 Å². The average Bonchev–Trinajstić information content (AvgIpc) is 2.48. The standard InChI is InChI=1S/C18H25NO3/c1-12-5-3-4-6-16(12)13(2)11-17(20)19-15-9-7-14(8-10-15)18(21)22/h3-6,13-15H,7-11H2,1-2H3,(H,19,20)(H,21,22). The summed E-state index contributed by atoms with van der Waals surface area (Å²) >= 11 is 0. The number of carbonyl (C=O) groups excluding carboxylic acids is 1. The van der Waals surface area contributed by atoms with E-state index in [1.807, 2.05) is 12.1 Å². The molecular formula is C18H25NO3. The molecule has 0 aliphatic heterocycles. The van der Waals surface area contributed by atoms with E-state index in [1.165, 1.54) is 11.1 Å². The maximum atomic E-state index is 12.2. The Bertz CT molecular complexity index is 533. The lowest BCUT2D eigenvalue weighted by Crippen LogP contribution is -2.39. The number of hydrogen-bond acceptors (Lipinski definition) is 2. The van der Waals surface area contributed by atoms with E-state index in [2.05, 4.69) is 31.3 Å². The number of benzene rings is 1.